The van der Waals surface area contributed by atoms with Crippen molar-refractivity contribution in [3.8, 4) is 5.75 Å². The Balaban J connectivity index is 2.81. The summed E-state index contributed by atoms with van der Waals surface area (Å²) < 4.78 is 18.2. The minimum absolute atomic E-state index is 0.0900. The van der Waals surface area contributed by atoms with E-state index in [0.29, 0.717) is 0 Å². The number of hydrogen-bond donors (Lipinski definition) is 0. The smallest absolute Gasteiger partial charge is 0.173 e. The molecule has 0 aliphatic rings. The summed E-state index contributed by atoms with van der Waals surface area (Å²) in [6, 6.07) is 4.42. The van der Waals surface area contributed by atoms with Gasteiger partial charge in [-0.25, -0.2) is 4.39 Å². The lowest BCUT2D eigenvalue weighted by Crippen LogP contribution is -1.99. The van der Waals surface area contributed by atoms with Crippen molar-refractivity contribution in [3.63, 3.8) is 0 Å². The Morgan fingerprint density at radius 3 is 2.85 bits per heavy atom. The van der Waals surface area contributed by atoms with E-state index in [2.05, 4.69) is 6.58 Å². The van der Waals surface area contributed by atoms with Crippen LogP contribution in [0.5, 0.6) is 5.75 Å². The molecule has 0 saturated heterocycles. The Morgan fingerprint density at radius 1 is 1.62 bits per heavy atom. The molecule has 0 aromatic heterocycles. The third-order valence-electron chi connectivity index (χ3n) is 1.38. The van der Waals surface area contributed by atoms with Crippen LogP contribution in [0.2, 0.25) is 5.02 Å². The summed E-state index contributed by atoms with van der Waals surface area (Å²) in [6.07, 6.45) is 0. The van der Waals surface area contributed by atoms with Gasteiger partial charge in [0.25, 0.3) is 0 Å². The van der Waals surface area contributed by atoms with Gasteiger partial charge < -0.3 is 4.74 Å². The average molecular weight is 201 g/mol. The topological polar surface area (TPSA) is 9.23 Å². The summed E-state index contributed by atoms with van der Waals surface area (Å²) in [5.41, 5.74) is 0.819. The van der Waals surface area contributed by atoms with E-state index in [9.17, 15) is 4.39 Å². The van der Waals surface area contributed by atoms with E-state index < -0.39 is 5.82 Å². The van der Waals surface area contributed by atoms with Gasteiger partial charge in [-0.15, -0.1) is 0 Å². The van der Waals surface area contributed by atoms with Crippen LogP contribution >= 0.6 is 11.6 Å². The highest BCUT2D eigenvalue weighted by atomic mass is 35.5. The van der Waals surface area contributed by atoms with Crippen LogP contribution in [0.1, 0.15) is 6.92 Å². The van der Waals surface area contributed by atoms with Gasteiger partial charge >= 0.3 is 0 Å². The molecule has 1 aromatic carbocycles. The van der Waals surface area contributed by atoms with Crippen LogP contribution in [0.4, 0.5) is 4.39 Å². The average Bonchev–Trinajstić information content (AvgIpc) is 2.03. The van der Waals surface area contributed by atoms with E-state index >= 15 is 0 Å². The zero-order valence-electron chi connectivity index (χ0n) is 7.31. The molecule has 0 atom stereocenters. The van der Waals surface area contributed by atoms with E-state index in [1.165, 1.54) is 12.1 Å². The van der Waals surface area contributed by atoms with Gasteiger partial charge in [-0.1, -0.05) is 24.2 Å². The van der Waals surface area contributed by atoms with E-state index in [0.717, 1.165) is 5.57 Å². The van der Waals surface area contributed by atoms with Gasteiger partial charge in [0.1, 0.15) is 6.61 Å². The van der Waals surface area contributed by atoms with Crippen molar-refractivity contribution in [2.75, 3.05) is 6.61 Å². The lowest BCUT2D eigenvalue weighted by Gasteiger charge is -2.07. The summed E-state index contributed by atoms with van der Waals surface area (Å²) in [5, 5.41) is 0.279. The van der Waals surface area contributed by atoms with Gasteiger partial charge in [-0.3, -0.25) is 0 Å². The molecule has 0 fully saturated rings. The van der Waals surface area contributed by atoms with E-state index in [4.69, 9.17) is 16.3 Å². The zero-order valence-corrected chi connectivity index (χ0v) is 8.07. The van der Waals surface area contributed by atoms with Gasteiger partial charge in [-0.2, -0.15) is 0 Å². The fourth-order valence-electron chi connectivity index (χ4n) is 0.816. The van der Waals surface area contributed by atoms with Crippen molar-refractivity contribution in [2.45, 2.75) is 6.92 Å². The van der Waals surface area contributed by atoms with Crippen molar-refractivity contribution < 1.29 is 9.13 Å². The molecule has 0 amide bonds. The van der Waals surface area contributed by atoms with Crippen LogP contribution in [0, 0.1) is 5.82 Å². The van der Waals surface area contributed by atoms with Crippen molar-refractivity contribution >= 4 is 11.6 Å². The van der Waals surface area contributed by atoms with Crippen molar-refractivity contribution in [3.05, 3.63) is 41.2 Å². The first kappa shape index (κ1) is 10.1. The first-order valence-corrected chi connectivity index (χ1v) is 4.20. The molecule has 3 heteroatoms. The first-order chi connectivity index (χ1) is 6.11. The van der Waals surface area contributed by atoms with Gasteiger partial charge in [-0.05, 0) is 24.6 Å². The van der Waals surface area contributed by atoms with Crippen LogP contribution in [-0.4, -0.2) is 6.61 Å². The van der Waals surface area contributed by atoms with Crippen LogP contribution in [-0.2, 0) is 0 Å². The Bertz CT molecular complexity index is 302. The normalized spacial score (nSPS) is 9.77. The standard InChI is InChI=1S/C10H10ClFO/c1-7(2)6-13-10-8(11)4-3-5-9(10)12/h3-5H,1,6H2,2H3. The minimum Gasteiger partial charge on any atom is -0.485 e. The predicted molar refractivity (Wildman–Crippen MR) is 51.7 cm³/mol. The fraction of sp³-hybridized carbons (Fsp3) is 0.200. The molecular weight excluding hydrogens is 191 g/mol. The molecular formula is C10H10ClFO. The van der Waals surface area contributed by atoms with E-state index in [1.807, 2.05) is 0 Å². The Hall–Kier alpha value is -1.02. The maximum Gasteiger partial charge on any atom is 0.173 e. The number of hydrogen-bond acceptors (Lipinski definition) is 1. The molecule has 0 bridgehead atoms. The molecule has 1 rings (SSSR count). The highest BCUT2D eigenvalue weighted by Crippen LogP contribution is 2.27. The Kier molecular flexibility index (Phi) is 3.32. The van der Waals surface area contributed by atoms with E-state index in [1.54, 1.807) is 13.0 Å². The quantitative estimate of drug-likeness (QED) is 0.680. The number of benzene rings is 1. The van der Waals surface area contributed by atoms with Gasteiger partial charge in [0.05, 0.1) is 5.02 Å². The molecule has 70 valence electrons. The minimum atomic E-state index is -0.450. The maximum absolute atomic E-state index is 13.1. The highest BCUT2D eigenvalue weighted by Gasteiger charge is 2.07. The van der Waals surface area contributed by atoms with Crippen molar-refractivity contribution in [1.29, 1.82) is 0 Å². The second kappa shape index (κ2) is 4.28. The molecule has 0 N–H and O–H groups in total. The van der Waals surface area contributed by atoms with Gasteiger partial charge in [0.15, 0.2) is 11.6 Å². The fourth-order valence-corrected chi connectivity index (χ4v) is 1.03. The number of para-hydroxylation sites is 1. The summed E-state index contributed by atoms with van der Waals surface area (Å²) in [6.45, 7) is 5.72. The largest absolute Gasteiger partial charge is 0.485 e. The van der Waals surface area contributed by atoms with E-state index in [-0.39, 0.29) is 17.4 Å². The van der Waals surface area contributed by atoms with Crippen molar-refractivity contribution in [1.82, 2.24) is 0 Å². The third-order valence-corrected chi connectivity index (χ3v) is 1.68. The lowest BCUT2D eigenvalue weighted by atomic mass is 10.3. The summed E-state index contributed by atoms with van der Waals surface area (Å²) in [4.78, 5) is 0. The molecule has 0 spiro atoms. The Morgan fingerprint density at radius 2 is 2.31 bits per heavy atom. The summed E-state index contributed by atoms with van der Waals surface area (Å²) >= 11 is 5.72. The number of halogens is 2. The molecule has 0 saturated carbocycles. The molecule has 1 aromatic rings. The lowest BCUT2D eigenvalue weighted by molar-refractivity contribution is 0.333. The molecule has 0 aliphatic carbocycles. The summed E-state index contributed by atoms with van der Waals surface area (Å²) in [7, 11) is 0. The molecule has 1 nitrogen and oxygen atoms in total. The zero-order chi connectivity index (χ0) is 9.84. The molecule has 13 heavy (non-hydrogen) atoms. The number of ether oxygens (including phenoxy) is 1. The van der Waals surface area contributed by atoms with Crippen LogP contribution in [0.15, 0.2) is 30.4 Å². The maximum atomic E-state index is 13.1. The molecule has 0 unspecified atom stereocenters. The predicted octanol–water partition coefficient (Wildman–Crippen LogP) is 3.43. The first-order valence-electron chi connectivity index (χ1n) is 3.82. The van der Waals surface area contributed by atoms with Crippen LogP contribution < -0.4 is 4.74 Å². The van der Waals surface area contributed by atoms with Gasteiger partial charge in [0.2, 0.25) is 0 Å². The van der Waals surface area contributed by atoms with Crippen LogP contribution in [0.25, 0.3) is 0 Å². The van der Waals surface area contributed by atoms with Crippen molar-refractivity contribution in [2.24, 2.45) is 0 Å². The molecule has 0 radical (unpaired) electrons. The molecule has 0 aliphatic heterocycles. The second-order valence-corrected chi connectivity index (χ2v) is 3.20. The SMILES string of the molecule is C=C(C)COc1c(F)cccc1Cl. The summed E-state index contributed by atoms with van der Waals surface area (Å²) in [5.74, 6) is -0.360. The van der Waals surface area contributed by atoms with Crippen LogP contribution in [0.3, 0.4) is 0 Å². The molecule has 0 heterocycles. The number of rotatable bonds is 3. The third kappa shape index (κ3) is 2.74. The van der Waals surface area contributed by atoms with Gasteiger partial charge in [0, 0.05) is 0 Å². The second-order valence-electron chi connectivity index (χ2n) is 2.80. The monoisotopic (exact) mass is 200 g/mol. The highest BCUT2D eigenvalue weighted by molar-refractivity contribution is 6.32. The Labute approximate surface area is 81.8 Å².